The normalized spacial score (nSPS) is 10.2. The molecule has 0 atom stereocenters. The van der Waals surface area contributed by atoms with Crippen LogP contribution in [0.4, 0.5) is 0 Å². The second-order valence-electron chi connectivity index (χ2n) is 4.47. The highest BCUT2D eigenvalue weighted by atomic mass is 35.5. The van der Waals surface area contributed by atoms with Gasteiger partial charge in [0.25, 0.3) is 0 Å². The monoisotopic (exact) mass is 313 g/mol. The molecule has 0 heterocycles. The summed E-state index contributed by atoms with van der Waals surface area (Å²) in [4.78, 5) is 25.1. The van der Waals surface area contributed by atoms with E-state index in [4.69, 9.17) is 16.3 Å². The molecule has 0 aromatic heterocycles. The first kappa shape index (κ1) is 17.5. The molecule has 1 amide bonds. The summed E-state index contributed by atoms with van der Waals surface area (Å²) in [7, 11) is 2.89. The van der Waals surface area contributed by atoms with E-state index in [1.165, 1.54) is 7.11 Å². The predicted octanol–water partition coefficient (Wildman–Crippen LogP) is 1.92. The average molecular weight is 314 g/mol. The number of amides is 1. The van der Waals surface area contributed by atoms with Gasteiger partial charge in [0.2, 0.25) is 5.91 Å². The zero-order chi connectivity index (χ0) is 15.7. The first-order chi connectivity index (χ1) is 10.1. The fourth-order valence-electron chi connectivity index (χ4n) is 1.81. The minimum absolute atomic E-state index is 0.0935. The Morgan fingerprint density at radius 1 is 1.19 bits per heavy atom. The fraction of sp³-hybridized carbons (Fsp3) is 0.467. The van der Waals surface area contributed by atoms with Crippen molar-refractivity contribution in [2.45, 2.75) is 12.8 Å². The Bertz CT molecular complexity index is 478. The summed E-state index contributed by atoms with van der Waals surface area (Å²) in [5.41, 5.74) is 0.768. The van der Waals surface area contributed by atoms with Crippen LogP contribution in [0, 0.1) is 0 Å². The summed E-state index contributed by atoms with van der Waals surface area (Å²) < 4.78 is 9.59. The lowest BCUT2D eigenvalue weighted by atomic mass is 10.1. The average Bonchev–Trinajstić information content (AvgIpc) is 2.49. The largest absolute Gasteiger partial charge is 0.469 e. The van der Waals surface area contributed by atoms with Crippen molar-refractivity contribution in [2.24, 2.45) is 0 Å². The third-order valence-corrected chi connectivity index (χ3v) is 3.40. The van der Waals surface area contributed by atoms with Crippen LogP contribution in [0.5, 0.6) is 0 Å². The highest BCUT2D eigenvalue weighted by Crippen LogP contribution is 2.16. The molecule has 0 fully saturated rings. The van der Waals surface area contributed by atoms with Gasteiger partial charge in [-0.15, -0.1) is 0 Å². The van der Waals surface area contributed by atoms with Crippen LogP contribution in [0.15, 0.2) is 24.3 Å². The molecule has 0 aliphatic heterocycles. The van der Waals surface area contributed by atoms with Crippen LogP contribution in [0.3, 0.4) is 0 Å². The van der Waals surface area contributed by atoms with Crippen LogP contribution >= 0.6 is 11.6 Å². The molecule has 0 spiro atoms. The first-order valence-corrected chi connectivity index (χ1v) is 7.03. The lowest BCUT2D eigenvalue weighted by molar-refractivity contribution is -0.141. The van der Waals surface area contributed by atoms with E-state index in [1.807, 2.05) is 18.2 Å². The van der Waals surface area contributed by atoms with Crippen LogP contribution in [0.1, 0.15) is 12.0 Å². The second kappa shape index (κ2) is 9.37. The molecule has 0 unspecified atom stereocenters. The maximum absolute atomic E-state index is 12.3. The Hall–Kier alpha value is -1.59. The molecule has 0 N–H and O–H groups in total. The number of ether oxygens (including phenoxy) is 2. The second-order valence-corrected chi connectivity index (χ2v) is 4.88. The molecular formula is C15H20ClNO4. The molecule has 1 aromatic carbocycles. The topological polar surface area (TPSA) is 55.8 Å². The SMILES string of the molecule is COCCN(CCC(=O)OC)C(=O)Cc1ccccc1Cl. The Labute approximate surface area is 129 Å². The summed E-state index contributed by atoms with van der Waals surface area (Å²) in [6.45, 7) is 1.14. The smallest absolute Gasteiger partial charge is 0.307 e. The minimum atomic E-state index is -0.344. The van der Waals surface area contributed by atoms with Gasteiger partial charge in [0.15, 0.2) is 0 Å². The number of rotatable bonds is 8. The van der Waals surface area contributed by atoms with Gasteiger partial charge in [0.05, 0.1) is 26.6 Å². The van der Waals surface area contributed by atoms with Crippen molar-refractivity contribution < 1.29 is 19.1 Å². The van der Waals surface area contributed by atoms with Gasteiger partial charge >= 0.3 is 5.97 Å². The van der Waals surface area contributed by atoms with Gasteiger partial charge in [-0.2, -0.15) is 0 Å². The number of carbonyl (C=O) groups excluding carboxylic acids is 2. The van der Waals surface area contributed by atoms with Gasteiger partial charge in [0, 0.05) is 25.2 Å². The van der Waals surface area contributed by atoms with Crippen molar-refractivity contribution in [3.05, 3.63) is 34.9 Å². The van der Waals surface area contributed by atoms with E-state index < -0.39 is 0 Å². The maximum Gasteiger partial charge on any atom is 0.307 e. The number of hydrogen-bond acceptors (Lipinski definition) is 4. The van der Waals surface area contributed by atoms with Gasteiger partial charge in [-0.3, -0.25) is 9.59 Å². The Morgan fingerprint density at radius 2 is 1.90 bits per heavy atom. The summed E-state index contributed by atoms with van der Waals surface area (Å²) in [5, 5.41) is 0.561. The molecule has 0 bridgehead atoms. The first-order valence-electron chi connectivity index (χ1n) is 6.65. The third-order valence-electron chi connectivity index (χ3n) is 3.03. The van der Waals surface area contributed by atoms with E-state index in [2.05, 4.69) is 4.74 Å². The van der Waals surface area contributed by atoms with E-state index in [-0.39, 0.29) is 24.7 Å². The standard InChI is InChI=1S/C15H20ClNO4/c1-20-10-9-17(8-7-15(19)21-2)14(18)11-12-5-3-4-6-13(12)16/h3-6H,7-11H2,1-2H3. The molecule has 0 aliphatic rings. The summed E-state index contributed by atoms with van der Waals surface area (Å²) in [5.74, 6) is -0.438. The molecule has 5 nitrogen and oxygen atoms in total. The molecule has 1 aromatic rings. The highest BCUT2D eigenvalue weighted by molar-refractivity contribution is 6.31. The molecule has 116 valence electrons. The van der Waals surface area contributed by atoms with Crippen molar-refractivity contribution in [3.63, 3.8) is 0 Å². The van der Waals surface area contributed by atoms with Crippen LogP contribution in [0.2, 0.25) is 5.02 Å². The molecule has 0 saturated carbocycles. The van der Waals surface area contributed by atoms with Crippen molar-refractivity contribution in [2.75, 3.05) is 33.9 Å². The van der Waals surface area contributed by atoms with Gasteiger partial charge in [-0.1, -0.05) is 29.8 Å². The zero-order valence-electron chi connectivity index (χ0n) is 12.3. The molecule has 1 rings (SSSR count). The van der Waals surface area contributed by atoms with Crippen LogP contribution < -0.4 is 0 Å². The zero-order valence-corrected chi connectivity index (χ0v) is 13.1. The van der Waals surface area contributed by atoms with Crippen LogP contribution in [-0.4, -0.2) is 50.7 Å². The van der Waals surface area contributed by atoms with E-state index in [1.54, 1.807) is 18.1 Å². The molecule has 0 saturated heterocycles. The summed E-state index contributed by atoms with van der Waals surface area (Å²) >= 11 is 6.06. The number of hydrogen-bond donors (Lipinski definition) is 0. The quantitative estimate of drug-likeness (QED) is 0.688. The summed E-state index contributed by atoms with van der Waals surface area (Å²) in [6.07, 6.45) is 0.360. The number of benzene rings is 1. The van der Waals surface area contributed by atoms with Crippen molar-refractivity contribution in [1.82, 2.24) is 4.90 Å². The van der Waals surface area contributed by atoms with Gasteiger partial charge in [-0.05, 0) is 11.6 Å². The molecule has 21 heavy (non-hydrogen) atoms. The predicted molar refractivity (Wildman–Crippen MR) is 80.2 cm³/mol. The lowest BCUT2D eigenvalue weighted by Crippen LogP contribution is -2.36. The number of methoxy groups -OCH3 is 2. The van der Waals surface area contributed by atoms with Crippen molar-refractivity contribution in [1.29, 1.82) is 0 Å². The van der Waals surface area contributed by atoms with Crippen molar-refractivity contribution in [3.8, 4) is 0 Å². The highest BCUT2D eigenvalue weighted by Gasteiger charge is 2.16. The maximum atomic E-state index is 12.3. The molecule has 0 radical (unpaired) electrons. The van der Waals surface area contributed by atoms with Gasteiger partial charge in [0.1, 0.15) is 0 Å². The Balaban J connectivity index is 2.65. The van der Waals surface area contributed by atoms with Gasteiger partial charge < -0.3 is 14.4 Å². The Kier molecular flexibility index (Phi) is 7.79. The van der Waals surface area contributed by atoms with E-state index >= 15 is 0 Å². The number of halogens is 1. The van der Waals surface area contributed by atoms with Crippen LogP contribution in [-0.2, 0) is 25.5 Å². The fourth-order valence-corrected chi connectivity index (χ4v) is 2.01. The van der Waals surface area contributed by atoms with E-state index in [9.17, 15) is 9.59 Å². The molecular weight excluding hydrogens is 294 g/mol. The third kappa shape index (κ3) is 6.14. The number of esters is 1. The van der Waals surface area contributed by atoms with Crippen molar-refractivity contribution >= 4 is 23.5 Å². The Morgan fingerprint density at radius 3 is 2.52 bits per heavy atom. The van der Waals surface area contributed by atoms with E-state index in [0.29, 0.717) is 24.7 Å². The van der Waals surface area contributed by atoms with Gasteiger partial charge in [-0.25, -0.2) is 0 Å². The molecule has 0 aliphatic carbocycles. The lowest BCUT2D eigenvalue weighted by Gasteiger charge is -2.22. The number of carbonyl (C=O) groups is 2. The van der Waals surface area contributed by atoms with Crippen LogP contribution in [0.25, 0.3) is 0 Å². The molecule has 6 heteroatoms. The summed E-state index contributed by atoms with van der Waals surface area (Å²) in [6, 6.07) is 7.21. The minimum Gasteiger partial charge on any atom is -0.469 e. The van der Waals surface area contributed by atoms with E-state index in [0.717, 1.165) is 5.56 Å². The number of nitrogens with zero attached hydrogens (tertiary/aromatic N) is 1.